The Morgan fingerprint density at radius 3 is 2.67 bits per heavy atom. The van der Waals surface area contributed by atoms with Gasteiger partial charge in [0.1, 0.15) is 0 Å². The lowest BCUT2D eigenvalue weighted by atomic mass is 10.1. The van der Waals surface area contributed by atoms with Crippen LogP contribution >= 0.6 is 0 Å². The Kier molecular flexibility index (Phi) is 6.38. The minimum absolute atomic E-state index is 0.145. The number of aliphatic hydroxyl groups is 1. The largest absolute Gasteiger partial charge is 0.481 e. The van der Waals surface area contributed by atoms with Crippen molar-refractivity contribution in [1.82, 2.24) is 0 Å². The molecule has 0 heterocycles. The molecule has 70 valence electrons. The van der Waals surface area contributed by atoms with Crippen molar-refractivity contribution in [2.45, 2.75) is 38.2 Å². The maximum Gasteiger partial charge on any atom is 0.305 e. The second kappa shape index (κ2) is 6.85. The molecule has 3 heteroatoms. The van der Waals surface area contributed by atoms with E-state index in [9.17, 15) is 4.79 Å². The highest BCUT2D eigenvalue weighted by atomic mass is 16.4. The van der Waals surface area contributed by atoms with Crippen LogP contribution in [0.1, 0.15) is 32.1 Å². The maximum atomic E-state index is 10.1. The average molecular weight is 172 g/mol. The third kappa shape index (κ3) is 7.28. The summed E-state index contributed by atoms with van der Waals surface area (Å²) in [6.45, 7) is 3.57. The molecule has 0 aromatic carbocycles. The Labute approximate surface area is 72.7 Å². The molecular weight excluding hydrogens is 156 g/mol. The van der Waals surface area contributed by atoms with Crippen molar-refractivity contribution < 1.29 is 15.0 Å². The highest BCUT2D eigenvalue weighted by molar-refractivity contribution is 5.67. The predicted octanol–water partition coefficient (Wildman–Crippen LogP) is 1.57. The summed E-state index contributed by atoms with van der Waals surface area (Å²) in [7, 11) is 0. The molecule has 0 spiro atoms. The molecule has 0 amide bonds. The second-order valence-corrected chi connectivity index (χ2v) is 2.82. The second-order valence-electron chi connectivity index (χ2n) is 2.82. The lowest BCUT2D eigenvalue weighted by molar-refractivity contribution is -0.139. The van der Waals surface area contributed by atoms with Crippen molar-refractivity contribution in [3.8, 4) is 0 Å². The molecule has 0 aliphatic rings. The summed E-state index contributed by atoms with van der Waals surface area (Å²) in [5, 5.41) is 17.4. The van der Waals surface area contributed by atoms with Crippen LogP contribution in [-0.2, 0) is 4.79 Å². The Morgan fingerprint density at radius 1 is 1.50 bits per heavy atom. The Balaban J connectivity index is 3.24. The van der Waals surface area contributed by atoms with Gasteiger partial charge in [0.25, 0.3) is 0 Å². The van der Waals surface area contributed by atoms with Crippen LogP contribution in [0.25, 0.3) is 0 Å². The van der Waals surface area contributed by atoms with E-state index in [0.29, 0.717) is 6.42 Å². The summed E-state index contributed by atoms with van der Waals surface area (Å²) < 4.78 is 0. The van der Waals surface area contributed by atoms with Crippen molar-refractivity contribution >= 4 is 5.97 Å². The number of hydrogen-bond acceptors (Lipinski definition) is 2. The van der Waals surface area contributed by atoms with Gasteiger partial charge in [0.05, 0.1) is 12.5 Å². The van der Waals surface area contributed by atoms with Gasteiger partial charge < -0.3 is 10.2 Å². The van der Waals surface area contributed by atoms with E-state index >= 15 is 0 Å². The third-order valence-electron chi connectivity index (χ3n) is 1.61. The fraction of sp³-hybridized carbons (Fsp3) is 0.667. The molecule has 3 nitrogen and oxygen atoms in total. The van der Waals surface area contributed by atoms with E-state index in [4.69, 9.17) is 10.2 Å². The van der Waals surface area contributed by atoms with Gasteiger partial charge in [0.2, 0.25) is 0 Å². The van der Waals surface area contributed by atoms with E-state index in [1.807, 2.05) is 6.08 Å². The van der Waals surface area contributed by atoms with Gasteiger partial charge in [0.15, 0.2) is 0 Å². The molecule has 0 aliphatic carbocycles. The Bertz CT molecular complexity index is 143. The van der Waals surface area contributed by atoms with Crippen LogP contribution in [0.15, 0.2) is 12.7 Å². The van der Waals surface area contributed by atoms with Crippen molar-refractivity contribution in [1.29, 1.82) is 0 Å². The van der Waals surface area contributed by atoms with Gasteiger partial charge in [-0.3, -0.25) is 4.79 Å². The molecule has 1 atom stereocenters. The van der Waals surface area contributed by atoms with Gasteiger partial charge in [0, 0.05) is 0 Å². The van der Waals surface area contributed by atoms with Crippen LogP contribution < -0.4 is 0 Å². The zero-order valence-electron chi connectivity index (χ0n) is 7.20. The standard InChI is InChI=1S/C9H16O3/c1-2-3-4-5-6-8(10)7-9(11)12/h2,8,10H,1,3-7H2,(H,11,12)/t8-/m1/s1. The number of allylic oxidation sites excluding steroid dienone is 1. The summed E-state index contributed by atoms with van der Waals surface area (Å²) in [6, 6.07) is 0. The van der Waals surface area contributed by atoms with Gasteiger partial charge in [-0.25, -0.2) is 0 Å². The van der Waals surface area contributed by atoms with E-state index in [0.717, 1.165) is 19.3 Å². The van der Waals surface area contributed by atoms with Gasteiger partial charge in [-0.15, -0.1) is 6.58 Å². The number of carboxylic acids is 1. The molecule has 0 radical (unpaired) electrons. The first-order chi connectivity index (χ1) is 5.66. The van der Waals surface area contributed by atoms with Gasteiger partial charge >= 0.3 is 5.97 Å². The van der Waals surface area contributed by atoms with Gasteiger partial charge in [-0.05, 0) is 19.3 Å². The predicted molar refractivity (Wildman–Crippen MR) is 46.9 cm³/mol. The van der Waals surface area contributed by atoms with Crippen LogP contribution in [0.4, 0.5) is 0 Å². The summed E-state index contributed by atoms with van der Waals surface area (Å²) in [5.41, 5.74) is 0. The van der Waals surface area contributed by atoms with Crippen LogP contribution in [0.3, 0.4) is 0 Å². The van der Waals surface area contributed by atoms with Crippen molar-refractivity contribution in [3.05, 3.63) is 12.7 Å². The molecule has 0 aliphatic heterocycles. The van der Waals surface area contributed by atoms with E-state index < -0.39 is 12.1 Å². The van der Waals surface area contributed by atoms with Crippen LogP contribution in [-0.4, -0.2) is 22.3 Å². The smallest absolute Gasteiger partial charge is 0.305 e. The zero-order valence-corrected chi connectivity index (χ0v) is 7.20. The zero-order chi connectivity index (χ0) is 9.40. The summed E-state index contributed by atoms with van der Waals surface area (Å²) in [6.07, 6.45) is 4.32. The molecule has 12 heavy (non-hydrogen) atoms. The Morgan fingerprint density at radius 2 is 2.17 bits per heavy atom. The fourth-order valence-corrected chi connectivity index (χ4v) is 0.972. The number of unbranched alkanes of at least 4 members (excludes halogenated alkanes) is 2. The van der Waals surface area contributed by atoms with Crippen molar-refractivity contribution in [2.24, 2.45) is 0 Å². The van der Waals surface area contributed by atoms with E-state index in [2.05, 4.69) is 6.58 Å². The molecular formula is C9H16O3. The maximum absolute atomic E-state index is 10.1. The normalized spacial score (nSPS) is 12.4. The van der Waals surface area contributed by atoms with Gasteiger partial charge in [-0.1, -0.05) is 12.5 Å². The van der Waals surface area contributed by atoms with E-state index in [1.165, 1.54) is 0 Å². The molecule has 0 aromatic heterocycles. The number of hydrogen-bond donors (Lipinski definition) is 2. The molecule has 0 saturated heterocycles. The highest BCUT2D eigenvalue weighted by Crippen LogP contribution is 2.06. The van der Waals surface area contributed by atoms with Crippen LogP contribution in [0.5, 0.6) is 0 Å². The Hall–Kier alpha value is -0.830. The lowest BCUT2D eigenvalue weighted by Crippen LogP contribution is -2.12. The number of aliphatic carboxylic acids is 1. The molecule has 0 fully saturated rings. The fourth-order valence-electron chi connectivity index (χ4n) is 0.972. The molecule has 0 saturated carbocycles. The molecule has 2 N–H and O–H groups in total. The SMILES string of the molecule is C=CCCCC[C@@H](O)CC(=O)O. The summed E-state index contributed by atoms with van der Waals surface area (Å²) >= 11 is 0. The number of carboxylic acid groups (broad SMARTS) is 1. The van der Waals surface area contributed by atoms with Crippen molar-refractivity contribution in [3.63, 3.8) is 0 Å². The number of carbonyl (C=O) groups is 1. The average Bonchev–Trinajstić information content (AvgIpc) is 1.97. The first-order valence-corrected chi connectivity index (χ1v) is 4.17. The molecule has 0 unspecified atom stereocenters. The summed E-state index contributed by atoms with van der Waals surface area (Å²) in [4.78, 5) is 10.1. The number of rotatable bonds is 7. The van der Waals surface area contributed by atoms with Crippen LogP contribution in [0.2, 0.25) is 0 Å². The first kappa shape index (κ1) is 11.2. The molecule has 0 rings (SSSR count). The minimum atomic E-state index is -0.939. The van der Waals surface area contributed by atoms with Crippen molar-refractivity contribution in [2.75, 3.05) is 0 Å². The quantitative estimate of drug-likeness (QED) is 0.452. The topological polar surface area (TPSA) is 57.5 Å². The molecule has 0 aromatic rings. The third-order valence-corrected chi connectivity index (χ3v) is 1.61. The van der Waals surface area contributed by atoms with E-state index in [-0.39, 0.29) is 6.42 Å². The monoisotopic (exact) mass is 172 g/mol. The van der Waals surface area contributed by atoms with Crippen LogP contribution in [0, 0.1) is 0 Å². The minimum Gasteiger partial charge on any atom is -0.481 e. The number of aliphatic hydroxyl groups excluding tert-OH is 1. The summed E-state index contributed by atoms with van der Waals surface area (Å²) in [5.74, 6) is -0.939. The highest BCUT2D eigenvalue weighted by Gasteiger charge is 2.07. The lowest BCUT2D eigenvalue weighted by Gasteiger charge is -2.05. The van der Waals surface area contributed by atoms with Gasteiger partial charge in [-0.2, -0.15) is 0 Å². The molecule has 0 bridgehead atoms. The first-order valence-electron chi connectivity index (χ1n) is 4.17. The van der Waals surface area contributed by atoms with E-state index in [1.54, 1.807) is 0 Å².